The van der Waals surface area contributed by atoms with Crippen molar-refractivity contribution in [2.45, 2.75) is 33.0 Å². The van der Waals surface area contributed by atoms with Crippen molar-refractivity contribution < 1.29 is 14.5 Å². The number of aromatic nitrogens is 1. The number of nitrogens with zero attached hydrogens (tertiary/aromatic N) is 5. The Balaban J connectivity index is 1.66. The molecule has 0 aliphatic carbocycles. The first-order chi connectivity index (χ1) is 18.0. The van der Waals surface area contributed by atoms with Crippen molar-refractivity contribution in [2.75, 3.05) is 42.6 Å². The average Bonchev–Trinajstić information content (AvgIpc) is 2.94. The van der Waals surface area contributed by atoms with Crippen LogP contribution < -0.4 is 9.80 Å². The lowest BCUT2D eigenvalue weighted by Crippen LogP contribution is -2.51. The lowest BCUT2D eigenvalue weighted by molar-refractivity contribution is -0.384. The third-order valence-electron chi connectivity index (χ3n) is 6.61. The van der Waals surface area contributed by atoms with Gasteiger partial charge in [-0.1, -0.05) is 60.7 Å². The van der Waals surface area contributed by atoms with Gasteiger partial charge in [0.25, 0.3) is 0 Å². The predicted molar refractivity (Wildman–Crippen MR) is 144 cm³/mol. The van der Waals surface area contributed by atoms with Gasteiger partial charge in [0.15, 0.2) is 0 Å². The Morgan fingerprint density at radius 1 is 1.05 bits per heavy atom. The van der Waals surface area contributed by atoms with Crippen molar-refractivity contribution in [2.24, 2.45) is 0 Å². The molecule has 3 aromatic rings. The van der Waals surface area contributed by atoms with Crippen molar-refractivity contribution >= 4 is 23.1 Å². The van der Waals surface area contributed by atoms with Gasteiger partial charge in [-0.3, -0.25) is 19.8 Å². The van der Waals surface area contributed by atoms with Gasteiger partial charge in [-0.25, -0.2) is 4.98 Å². The molecule has 0 unspecified atom stereocenters. The van der Waals surface area contributed by atoms with Crippen LogP contribution in [0, 0.1) is 10.1 Å². The van der Waals surface area contributed by atoms with Gasteiger partial charge in [0, 0.05) is 38.8 Å². The van der Waals surface area contributed by atoms with Gasteiger partial charge in [-0.15, -0.1) is 0 Å². The number of amides is 1. The highest BCUT2D eigenvalue weighted by Gasteiger charge is 2.30. The van der Waals surface area contributed by atoms with Gasteiger partial charge in [0.05, 0.1) is 36.1 Å². The van der Waals surface area contributed by atoms with Crippen molar-refractivity contribution in [3.8, 4) is 0 Å². The standard InChI is InChI=1S/C28H33N5O4/c1-3-32(28(34)22(2)30-14-16-37-17-15-30)25-18-26(33(35)36)27(29-19-25)31(20-23-10-6-4-7-11-23)21-24-12-8-5-9-13-24/h4-13,18-19,22H,3,14-17,20-21H2,1-2H3/t22-/m0/s1. The van der Waals surface area contributed by atoms with Gasteiger partial charge in [0.2, 0.25) is 11.7 Å². The van der Waals surface area contributed by atoms with E-state index in [0.717, 1.165) is 11.1 Å². The molecule has 1 amide bonds. The number of rotatable bonds is 10. The van der Waals surface area contributed by atoms with E-state index in [4.69, 9.17) is 4.74 Å². The smallest absolute Gasteiger partial charge is 0.313 e. The summed E-state index contributed by atoms with van der Waals surface area (Å²) in [6.07, 6.45) is 1.57. The minimum atomic E-state index is -0.418. The second-order valence-corrected chi connectivity index (χ2v) is 9.03. The Kier molecular flexibility index (Phi) is 8.81. The summed E-state index contributed by atoms with van der Waals surface area (Å²) < 4.78 is 5.41. The largest absolute Gasteiger partial charge is 0.379 e. The van der Waals surface area contributed by atoms with Crippen LogP contribution in [0.3, 0.4) is 0 Å². The van der Waals surface area contributed by atoms with Crippen LogP contribution in [0.4, 0.5) is 17.2 Å². The summed E-state index contributed by atoms with van der Waals surface area (Å²) >= 11 is 0. The van der Waals surface area contributed by atoms with Crippen LogP contribution in [0.5, 0.6) is 0 Å². The van der Waals surface area contributed by atoms with E-state index in [1.54, 1.807) is 11.1 Å². The molecule has 1 aromatic heterocycles. The highest BCUT2D eigenvalue weighted by atomic mass is 16.6. The number of carbonyl (C=O) groups is 1. The number of hydrogen-bond donors (Lipinski definition) is 0. The van der Waals surface area contributed by atoms with E-state index in [2.05, 4.69) is 9.88 Å². The predicted octanol–water partition coefficient (Wildman–Crippen LogP) is 4.27. The lowest BCUT2D eigenvalue weighted by Gasteiger charge is -2.34. The molecule has 4 rings (SSSR count). The van der Waals surface area contributed by atoms with E-state index in [0.29, 0.717) is 51.6 Å². The third-order valence-corrected chi connectivity index (χ3v) is 6.61. The first-order valence-corrected chi connectivity index (χ1v) is 12.6. The molecule has 0 saturated carbocycles. The number of morpholine rings is 1. The van der Waals surface area contributed by atoms with Gasteiger partial charge in [-0.05, 0) is 25.0 Å². The number of anilines is 2. The molecule has 9 heteroatoms. The van der Waals surface area contributed by atoms with Gasteiger partial charge in [0.1, 0.15) is 0 Å². The van der Waals surface area contributed by atoms with E-state index in [-0.39, 0.29) is 23.5 Å². The van der Waals surface area contributed by atoms with E-state index >= 15 is 0 Å². The van der Waals surface area contributed by atoms with Crippen LogP contribution >= 0.6 is 0 Å². The number of ether oxygens (including phenoxy) is 1. The average molecular weight is 504 g/mol. The summed E-state index contributed by atoms with van der Waals surface area (Å²) in [4.78, 5) is 35.4. The first kappa shape index (κ1) is 26.2. The highest BCUT2D eigenvalue weighted by Crippen LogP contribution is 2.32. The number of carbonyl (C=O) groups excluding carboxylic acids is 1. The number of benzene rings is 2. The molecule has 0 N–H and O–H groups in total. The molecular formula is C28H33N5O4. The fourth-order valence-electron chi connectivity index (χ4n) is 4.59. The zero-order chi connectivity index (χ0) is 26.2. The number of pyridine rings is 1. The Labute approximate surface area is 217 Å². The molecule has 194 valence electrons. The summed E-state index contributed by atoms with van der Waals surface area (Å²) in [6, 6.07) is 20.7. The zero-order valence-electron chi connectivity index (χ0n) is 21.3. The summed E-state index contributed by atoms with van der Waals surface area (Å²) in [5, 5.41) is 12.3. The molecule has 0 spiro atoms. The fraction of sp³-hybridized carbons (Fsp3) is 0.357. The third kappa shape index (κ3) is 6.49. The number of likely N-dealkylation sites (N-methyl/N-ethyl adjacent to an activating group) is 1. The maximum atomic E-state index is 13.4. The van der Waals surface area contributed by atoms with E-state index in [9.17, 15) is 14.9 Å². The van der Waals surface area contributed by atoms with Crippen molar-refractivity contribution in [3.63, 3.8) is 0 Å². The van der Waals surface area contributed by atoms with Crippen LogP contribution in [-0.2, 0) is 22.6 Å². The van der Waals surface area contributed by atoms with E-state index < -0.39 is 4.92 Å². The molecule has 1 aliphatic heterocycles. The number of nitro groups is 1. The molecule has 1 saturated heterocycles. The van der Waals surface area contributed by atoms with Gasteiger partial charge in [-0.2, -0.15) is 0 Å². The van der Waals surface area contributed by atoms with Gasteiger partial charge < -0.3 is 14.5 Å². The molecule has 0 radical (unpaired) electrons. The van der Waals surface area contributed by atoms with E-state index in [1.165, 1.54) is 6.07 Å². The van der Waals surface area contributed by atoms with Gasteiger partial charge >= 0.3 is 5.69 Å². The first-order valence-electron chi connectivity index (χ1n) is 12.6. The molecule has 1 fully saturated rings. The minimum absolute atomic E-state index is 0.112. The summed E-state index contributed by atoms with van der Waals surface area (Å²) in [6.45, 7) is 7.54. The molecular weight excluding hydrogens is 470 g/mol. The molecule has 1 aliphatic rings. The van der Waals surface area contributed by atoms with Crippen molar-refractivity contribution in [1.29, 1.82) is 0 Å². The van der Waals surface area contributed by atoms with Crippen LogP contribution in [0.25, 0.3) is 0 Å². The summed E-state index contributed by atoms with van der Waals surface area (Å²) in [5.41, 5.74) is 2.32. The molecule has 1 atom stereocenters. The SMILES string of the molecule is CCN(C(=O)[C@H](C)N1CCOCC1)c1cnc(N(Cc2ccccc2)Cc2ccccc2)c([N+](=O)[O-])c1. The molecule has 2 aromatic carbocycles. The highest BCUT2D eigenvalue weighted by molar-refractivity contribution is 5.97. The second-order valence-electron chi connectivity index (χ2n) is 9.03. The molecule has 2 heterocycles. The lowest BCUT2D eigenvalue weighted by atomic mass is 10.1. The summed E-state index contributed by atoms with van der Waals surface area (Å²) in [5.74, 6) is 0.157. The monoisotopic (exact) mass is 503 g/mol. The summed E-state index contributed by atoms with van der Waals surface area (Å²) in [7, 11) is 0. The Morgan fingerprint density at radius 2 is 1.62 bits per heavy atom. The maximum Gasteiger partial charge on any atom is 0.313 e. The Morgan fingerprint density at radius 3 is 2.14 bits per heavy atom. The second kappa shape index (κ2) is 12.4. The van der Waals surface area contributed by atoms with E-state index in [1.807, 2.05) is 79.4 Å². The van der Waals surface area contributed by atoms with Crippen molar-refractivity contribution in [3.05, 3.63) is 94.2 Å². The van der Waals surface area contributed by atoms with Crippen LogP contribution in [0.15, 0.2) is 72.9 Å². The van der Waals surface area contributed by atoms with Crippen LogP contribution in [0.1, 0.15) is 25.0 Å². The normalized spacial score (nSPS) is 14.6. The number of hydrogen-bond acceptors (Lipinski definition) is 7. The zero-order valence-corrected chi connectivity index (χ0v) is 21.3. The Hall–Kier alpha value is -3.82. The Bertz CT molecular complexity index is 1140. The van der Waals surface area contributed by atoms with Crippen LogP contribution in [0.2, 0.25) is 0 Å². The topological polar surface area (TPSA) is 92.1 Å². The quantitative estimate of drug-likeness (QED) is 0.301. The minimum Gasteiger partial charge on any atom is -0.379 e. The fourth-order valence-corrected chi connectivity index (χ4v) is 4.59. The molecule has 9 nitrogen and oxygen atoms in total. The maximum absolute atomic E-state index is 13.4. The van der Waals surface area contributed by atoms with Crippen LogP contribution in [-0.4, -0.2) is 59.6 Å². The molecule has 37 heavy (non-hydrogen) atoms. The molecule has 0 bridgehead atoms. The van der Waals surface area contributed by atoms with Crippen molar-refractivity contribution in [1.82, 2.24) is 9.88 Å².